The molecule has 0 fully saturated rings. The van der Waals surface area contributed by atoms with Crippen LogP contribution in [0.2, 0.25) is 0 Å². The first-order valence-electron chi connectivity index (χ1n) is 8.36. The number of aromatic amines is 1. The van der Waals surface area contributed by atoms with Crippen LogP contribution < -0.4 is 10.2 Å². The molecule has 2 aromatic heterocycles. The van der Waals surface area contributed by atoms with Gasteiger partial charge in [-0.05, 0) is 31.5 Å². The molecular formula is C18H15N3O6S2. The number of thiophene rings is 1. The Morgan fingerprint density at radius 1 is 1.28 bits per heavy atom. The van der Waals surface area contributed by atoms with Crippen molar-refractivity contribution in [1.82, 2.24) is 4.98 Å². The average Bonchev–Trinajstić information content (AvgIpc) is 3.24. The van der Waals surface area contributed by atoms with Crippen molar-refractivity contribution in [1.29, 1.82) is 0 Å². The molecule has 0 aliphatic heterocycles. The highest BCUT2D eigenvalue weighted by molar-refractivity contribution is 7.15. The number of thiazole rings is 1. The van der Waals surface area contributed by atoms with Crippen molar-refractivity contribution < 1.29 is 19.2 Å². The summed E-state index contributed by atoms with van der Waals surface area (Å²) >= 11 is 1.90. The van der Waals surface area contributed by atoms with Gasteiger partial charge in [0.05, 0.1) is 11.5 Å². The van der Waals surface area contributed by atoms with Gasteiger partial charge >= 0.3 is 10.8 Å². The zero-order chi connectivity index (χ0) is 21.1. The monoisotopic (exact) mass is 433 g/mol. The second-order valence-corrected chi connectivity index (χ2v) is 7.66. The molecule has 2 heterocycles. The Balaban J connectivity index is 2.00. The Hall–Kier alpha value is -3.31. The maximum atomic E-state index is 12.6. The number of carbonyl (C=O) groups excluding carboxylic acids is 2. The molecule has 0 aliphatic rings. The third-order valence-electron chi connectivity index (χ3n) is 3.92. The van der Waals surface area contributed by atoms with Crippen LogP contribution in [0.25, 0.3) is 11.1 Å². The highest BCUT2D eigenvalue weighted by Gasteiger charge is 2.24. The van der Waals surface area contributed by atoms with Gasteiger partial charge in [-0.2, -0.15) is 0 Å². The van der Waals surface area contributed by atoms with Crippen LogP contribution in [0.3, 0.4) is 0 Å². The lowest BCUT2D eigenvalue weighted by atomic mass is 10.0. The summed E-state index contributed by atoms with van der Waals surface area (Å²) < 4.78 is 5.12. The molecule has 3 aromatic rings. The smallest absolute Gasteiger partial charge is 0.341 e. The summed E-state index contributed by atoms with van der Waals surface area (Å²) in [6, 6.07) is 5.72. The fraction of sp³-hybridized carbons (Fsp3) is 0.167. The molecule has 1 aromatic carbocycles. The van der Waals surface area contributed by atoms with E-state index in [1.807, 2.05) is 0 Å². The van der Waals surface area contributed by atoms with Gasteiger partial charge in [0, 0.05) is 28.8 Å². The van der Waals surface area contributed by atoms with Crippen LogP contribution in [-0.4, -0.2) is 28.4 Å². The van der Waals surface area contributed by atoms with Crippen molar-refractivity contribution in [3.8, 4) is 11.1 Å². The third kappa shape index (κ3) is 4.25. The molecule has 0 atom stereocenters. The summed E-state index contributed by atoms with van der Waals surface area (Å²) in [6.07, 6.45) is 0. The number of hydrogen-bond donors (Lipinski definition) is 2. The quantitative estimate of drug-likeness (QED) is 0.345. The summed E-state index contributed by atoms with van der Waals surface area (Å²) in [6.45, 7) is 3.41. The molecule has 0 bridgehead atoms. The minimum atomic E-state index is -0.628. The van der Waals surface area contributed by atoms with E-state index in [4.69, 9.17) is 4.74 Å². The molecular weight excluding hydrogens is 418 g/mol. The number of rotatable bonds is 6. The zero-order valence-electron chi connectivity index (χ0n) is 15.3. The third-order valence-corrected chi connectivity index (χ3v) is 5.80. The lowest BCUT2D eigenvalue weighted by Crippen LogP contribution is -2.14. The molecule has 0 radical (unpaired) electrons. The number of nitro benzene ring substituents is 1. The van der Waals surface area contributed by atoms with E-state index in [0.717, 1.165) is 22.7 Å². The minimum Gasteiger partial charge on any atom is -0.462 e. The number of nitrogens with zero attached hydrogens (tertiary/aromatic N) is 1. The number of anilines is 1. The number of aryl methyl sites for hydroxylation is 1. The van der Waals surface area contributed by atoms with Crippen molar-refractivity contribution in [2.75, 3.05) is 11.9 Å². The van der Waals surface area contributed by atoms with Gasteiger partial charge in [0.25, 0.3) is 11.6 Å². The van der Waals surface area contributed by atoms with Crippen LogP contribution in [0, 0.1) is 17.0 Å². The SMILES string of the molecule is CCOC(=O)c1c(-c2ccc([N+](=O)[O-])cc2)csc1NC(=O)c1sc(=O)[nH]c1C. The highest BCUT2D eigenvalue weighted by atomic mass is 32.1. The summed E-state index contributed by atoms with van der Waals surface area (Å²) in [5.41, 5.74) is 1.56. The van der Waals surface area contributed by atoms with Gasteiger partial charge < -0.3 is 15.0 Å². The first-order valence-corrected chi connectivity index (χ1v) is 10.1. The molecule has 2 N–H and O–H groups in total. The van der Waals surface area contributed by atoms with E-state index in [2.05, 4.69) is 10.3 Å². The van der Waals surface area contributed by atoms with E-state index in [9.17, 15) is 24.5 Å². The van der Waals surface area contributed by atoms with Gasteiger partial charge in [-0.25, -0.2) is 4.79 Å². The van der Waals surface area contributed by atoms with Crippen LogP contribution >= 0.6 is 22.7 Å². The number of H-pyrrole nitrogens is 1. The Kier molecular flexibility index (Phi) is 5.89. The number of benzene rings is 1. The molecule has 11 heteroatoms. The van der Waals surface area contributed by atoms with Gasteiger partial charge in [-0.1, -0.05) is 11.3 Å². The van der Waals surface area contributed by atoms with E-state index in [-0.39, 0.29) is 32.6 Å². The molecule has 0 spiro atoms. The Morgan fingerprint density at radius 3 is 2.52 bits per heavy atom. The number of carbonyl (C=O) groups is 2. The molecule has 150 valence electrons. The first kappa shape index (κ1) is 20.4. The minimum absolute atomic E-state index is 0.0759. The van der Waals surface area contributed by atoms with Crippen LogP contribution in [0.5, 0.6) is 0 Å². The fourth-order valence-electron chi connectivity index (χ4n) is 2.61. The lowest BCUT2D eigenvalue weighted by Gasteiger charge is -2.08. The van der Waals surface area contributed by atoms with E-state index >= 15 is 0 Å². The standard InChI is InChI=1S/C18H15N3O6S2/c1-3-27-17(23)13-12(10-4-6-11(7-5-10)21(25)26)8-28-16(13)20-15(22)14-9(2)19-18(24)29-14/h4-8H,3H2,1-2H3,(H,19,24)(H,20,22). The van der Waals surface area contributed by atoms with Gasteiger partial charge in [0.2, 0.25) is 0 Å². The Labute approximate surface area is 172 Å². The number of esters is 1. The van der Waals surface area contributed by atoms with Crippen molar-refractivity contribution >= 4 is 45.2 Å². The maximum Gasteiger partial charge on any atom is 0.341 e. The predicted octanol–water partition coefficient (Wildman–Crippen LogP) is 3.81. The number of aromatic nitrogens is 1. The molecule has 9 nitrogen and oxygen atoms in total. The van der Waals surface area contributed by atoms with E-state index in [1.165, 1.54) is 24.3 Å². The summed E-state index contributed by atoms with van der Waals surface area (Å²) in [5, 5.41) is 15.5. The van der Waals surface area contributed by atoms with E-state index in [0.29, 0.717) is 16.8 Å². The zero-order valence-corrected chi connectivity index (χ0v) is 16.9. The van der Waals surface area contributed by atoms with Gasteiger partial charge in [0.1, 0.15) is 15.4 Å². The number of ether oxygens (including phenoxy) is 1. The van der Waals surface area contributed by atoms with Crippen LogP contribution in [0.4, 0.5) is 10.7 Å². The highest BCUT2D eigenvalue weighted by Crippen LogP contribution is 2.37. The van der Waals surface area contributed by atoms with Gasteiger partial charge in [0.15, 0.2) is 0 Å². The normalized spacial score (nSPS) is 10.6. The lowest BCUT2D eigenvalue weighted by molar-refractivity contribution is -0.384. The molecule has 29 heavy (non-hydrogen) atoms. The molecule has 0 saturated carbocycles. The van der Waals surface area contributed by atoms with Crippen molar-refractivity contribution in [3.63, 3.8) is 0 Å². The number of nitrogens with one attached hydrogen (secondary N) is 2. The van der Waals surface area contributed by atoms with Crippen molar-refractivity contribution in [2.24, 2.45) is 0 Å². The number of nitro groups is 1. The summed E-state index contributed by atoms with van der Waals surface area (Å²) in [5.74, 6) is -1.15. The predicted molar refractivity (Wildman–Crippen MR) is 110 cm³/mol. The Bertz CT molecular complexity index is 1140. The Morgan fingerprint density at radius 2 is 1.97 bits per heavy atom. The number of hydrogen-bond acceptors (Lipinski definition) is 8. The molecule has 3 rings (SSSR count). The van der Waals surface area contributed by atoms with Gasteiger partial charge in [-0.3, -0.25) is 19.7 Å². The van der Waals surface area contributed by atoms with Crippen molar-refractivity contribution in [2.45, 2.75) is 13.8 Å². The second-order valence-electron chi connectivity index (χ2n) is 5.80. The van der Waals surface area contributed by atoms with Crippen LogP contribution in [0.15, 0.2) is 34.4 Å². The van der Waals surface area contributed by atoms with Gasteiger partial charge in [-0.15, -0.1) is 11.3 Å². The summed E-state index contributed by atoms with van der Waals surface area (Å²) in [7, 11) is 0. The molecule has 0 aliphatic carbocycles. The first-order chi connectivity index (χ1) is 13.8. The maximum absolute atomic E-state index is 12.6. The second kappa shape index (κ2) is 8.37. The van der Waals surface area contributed by atoms with E-state index < -0.39 is 16.8 Å². The molecule has 0 unspecified atom stereocenters. The fourth-order valence-corrected chi connectivity index (χ4v) is 4.30. The van der Waals surface area contributed by atoms with Crippen LogP contribution in [0.1, 0.15) is 32.6 Å². The number of non-ortho nitro benzene ring substituents is 1. The molecule has 1 amide bonds. The van der Waals surface area contributed by atoms with Crippen LogP contribution in [-0.2, 0) is 4.74 Å². The average molecular weight is 433 g/mol. The topological polar surface area (TPSA) is 131 Å². The largest absolute Gasteiger partial charge is 0.462 e. The summed E-state index contributed by atoms with van der Waals surface area (Å²) in [4.78, 5) is 49.3. The van der Waals surface area contributed by atoms with E-state index in [1.54, 1.807) is 19.2 Å². The molecule has 0 saturated heterocycles. The van der Waals surface area contributed by atoms with Crippen molar-refractivity contribution in [3.05, 3.63) is 65.6 Å². The number of amides is 1.